The zero-order valence-electron chi connectivity index (χ0n) is 16.9. The first-order chi connectivity index (χ1) is 12.6. The zero-order chi connectivity index (χ0) is 18.8. The van der Waals surface area contributed by atoms with Crippen molar-refractivity contribution in [1.29, 1.82) is 0 Å². The highest BCUT2D eigenvalue weighted by molar-refractivity contribution is 14.0. The minimum Gasteiger partial charge on any atom is -0.355 e. The van der Waals surface area contributed by atoms with Gasteiger partial charge in [0.25, 0.3) is 0 Å². The van der Waals surface area contributed by atoms with E-state index in [2.05, 4.69) is 77.4 Å². The summed E-state index contributed by atoms with van der Waals surface area (Å²) in [6, 6.07) is 10.8. The van der Waals surface area contributed by atoms with Crippen LogP contribution in [0.5, 0.6) is 0 Å². The fourth-order valence-electron chi connectivity index (χ4n) is 2.51. The van der Waals surface area contributed by atoms with E-state index in [1.165, 1.54) is 5.56 Å². The van der Waals surface area contributed by atoms with Crippen LogP contribution >= 0.6 is 24.0 Å². The van der Waals surface area contributed by atoms with Gasteiger partial charge in [-0.2, -0.15) is 0 Å². The van der Waals surface area contributed by atoms with Crippen molar-refractivity contribution in [2.75, 3.05) is 13.1 Å². The Balaban J connectivity index is 0.00000364. The van der Waals surface area contributed by atoms with E-state index in [0.717, 1.165) is 44.3 Å². The number of aromatic nitrogens is 3. The van der Waals surface area contributed by atoms with Crippen molar-refractivity contribution in [3.63, 3.8) is 0 Å². The van der Waals surface area contributed by atoms with Gasteiger partial charge in [0, 0.05) is 32.1 Å². The summed E-state index contributed by atoms with van der Waals surface area (Å²) in [6.45, 7) is 11.1. The first-order valence-corrected chi connectivity index (χ1v) is 9.55. The number of hydrogen-bond donors (Lipinski definition) is 2. The molecule has 0 saturated carbocycles. The number of hydrogen-bond acceptors (Lipinski definition) is 3. The van der Waals surface area contributed by atoms with Crippen LogP contribution in [0, 0.1) is 5.92 Å². The van der Waals surface area contributed by atoms with Crippen LogP contribution in [0.15, 0.2) is 41.7 Å². The zero-order valence-corrected chi connectivity index (χ0v) is 19.2. The molecule has 1 aromatic heterocycles. The van der Waals surface area contributed by atoms with Gasteiger partial charge in [-0.05, 0) is 24.8 Å². The molecule has 2 rings (SSSR count). The second kappa shape index (κ2) is 12.7. The molecule has 1 heterocycles. The second-order valence-corrected chi connectivity index (χ2v) is 6.86. The molecule has 7 heteroatoms. The standard InChI is InChI=1S/C20H32N6.HI/c1-5-19-25-23-15-26(19)14-13-22-20(24-17(4)16(2)3)21-12-11-18-9-7-6-8-10-18;/h6-10,15-17H,5,11-14H2,1-4H3,(H2,21,22,24);1H. The highest BCUT2D eigenvalue weighted by Crippen LogP contribution is 2.01. The molecule has 150 valence electrons. The maximum absolute atomic E-state index is 4.76. The third kappa shape index (κ3) is 8.28. The van der Waals surface area contributed by atoms with Crippen molar-refractivity contribution in [2.45, 2.75) is 53.1 Å². The summed E-state index contributed by atoms with van der Waals surface area (Å²) in [5.74, 6) is 2.42. The summed E-state index contributed by atoms with van der Waals surface area (Å²) in [6.07, 6.45) is 3.62. The SMILES string of the molecule is CCc1nncn1CCNC(=NCCc1ccccc1)NC(C)C(C)C.I. The fraction of sp³-hybridized carbons (Fsp3) is 0.550. The fourth-order valence-corrected chi connectivity index (χ4v) is 2.51. The number of nitrogens with one attached hydrogen (secondary N) is 2. The van der Waals surface area contributed by atoms with Gasteiger partial charge >= 0.3 is 0 Å². The molecule has 0 aliphatic rings. The number of guanidine groups is 1. The predicted octanol–water partition coefficient (Wildman–Crippen LogP) is 3.28. The van der Waals surface area contributed by atoms with E-state index in [0.29, 0.717) is 12.0 Å². The van der Waals surface area contributed by atoms with E-state index < -0.39 is 0 Å². The molecule has 1 aromatic carbocycles. The molecule has 0 aliphatic carbocycles. The summed E-state index contributed by atoms with van der Waals surface area (Å²) in [5.41, 5.74) is 1.31. The van der Waals surface area contributed by atoms with Crippen molar-refractivity contribution in [2.24, 2.45) is 10.9 Å². The lowest BCUT2D eigenvalue weighted by molar-refractivity contribution is 0.479. The van der Waals surface area contributed by atoms with Gasteiger partial charge in [-0.25, -0.2) is 0 Å². The van der Waals surface area contributed by atoms with Crippen LogP contribution in [0.2, 0.25) is 0 Å². The van der Waals surface area contributed by atoms with Crippen LogP contribution in [0.25, 0.3) is 0 Å². The highest BCUT2D eigenvalue weighted by Gasteiger charge is 2.09. The molecule has 0 spiro atoms. The Labute approximate surface area is 180 Å². The Morgan fingerprint density at radius 1 is 1.19 bits per heavy atom. The average Bonchev–Trinajstić information content (AvgIpc) is 3.09. The highest BCUT2D eigenvalue weighted by atomic mass is 127. The number of aryl methyl sites for hydroxylation is 1. The second-order valence-electron chi connectivity index (χ2n) is 6.86. The molecule has 6 nitrogen and oxygen atoms in total. The van der Waals surface area contributed by atoms with Gasteiger partial charge in [-0.3, -0.25) is 4.99 Å². The van der Waals surface area contributed by atoms with Crippen molar-refractivity contribution in [3.05, 3.63) is 48.0 Å². The largest absolute Gasteiger partial charge is 0.355 e. The van der Waals surface area contributed by atoms with E-state index in [9.17, 15) is 0 Å². The number of aliphatic imine (C=N–C) groups is 1. The van der Waals surface area contributed by atoms with Crippen LogP contribution in [-0.4, -0.2) is 39.9 Å². The third-order valence-corrected chi connectivity index (χ3v) is 4.53. The smallest absolute Gasteiger partial charge is 0.191 e. The van der Waals surface area contributed by atoms with Crippen LogP contribution < -0.4 is 10.6 Å². The molecular weight excluding hydrogens is 451 g/mol. The number of nitrogens with zero attached hydrogens (tertiary/aromatic N) is 4. The molecule has 0 aliphatic heterocycles. The van der Waals surface area contributed by atoms with Gasteiger partial charge < -0.3 is 15.2 Å². The minimum atomic E-state index is 0. The molecule has 1 atom stereocenters. The first kappa shape index (κ1) is 23.4. The maximum atomic E-state index is 4.76. The topological polar surface area (TPSA) is 67.1 Å². The lowest BCUT2D eigenvalue weighted by Gasteiger charge is -2.21. The summed E-state index contributed by atoms with van der Waals surface area (Å²) in [5, 5.41) is 15.1. The maximum Gasteiger partial charge on any atom is 0.191 e. The van der Waals surface area contributed by atoms with Gasteiger partial charge in [-0.1, -0.05) is 51.1 Å². The molecule has 1 unspecified atom stereocenters. The van der Waals surface area contributed by atoms with Crippen LogP contribution in [0.4, 0.5) is 0 Å². The summed E-state index contributed by atoms with van der Waals surface area (Å²) < 4.78 is 2.08. The molecule has 0 amide bonds. The van der Waals surface area contributed by atoms with E-state index in [-0.39, 0.29) is 24.0 Å². The average molecular weight is 484 g/mol. The van der Waals surface area contributed by atoms with Crippen molar-refractivity contribution < 1.29 is 0 Å². The summed E-state index contributed by atoms with van der Waals surface area (Å²) in [7, 11) is 0. The van der Waals surface area contributed by atoms with Gasteiger partial charge in [-0.15, -0.1) is 34.2 Å². The number of rotatable bonds is 9. The van der Waals surface area contributed by atoms with Gasteiger partial charge in [0.15, 0.2) is 5.96 Å². The molecule has 0 fully saturated rings. The normalized spacial score (nSPS) is 12.6. The van der Waals surface area contributed by atoms with Crippen LogP contribution in [0.1, 0.15) is 39.1 Å². The van der Waals surface area contributed by atoms with Crippen LogP contribution in [-0.2, 0) is 19.4 Å². The van der Waals surface area contributed by atoms with E-state index in [1.807, 2.05) is 6.07 Å². The Morgan fingerprint density at radius 2 is 1.93 bits per heavy atom. The number of benzene rings is 1. The molecule has 0 radical (unpaired) electrons. The summed E-state index contributed by atoms with van der Waals surface area (Å²) >= 11 is 0. The van der Waals surface area contributed by atoms with E-state index in [4.69, 9.17) is 4.99 Å². The Hall–Kier alpha value is -1.64. The van der Waals surface area contributed by atoms with Crippen molar-refractivity contribution in [1.82, 2.24) is 25.4 Å². The molecule has 27 heavy (non-hydrogen) atoms. The molecule has 0 bridgehead atoms. The third-order valence-electron chi connectivity index (χ3n) is 4.53. The Morgan fingerprint density at radius 3 is 2.59 bits per heavy atom. The lowest BCUT2D eigenvalue weighted by Crippen LogP contribution is -2.45. The lowest BCUT2D eigenvalue weighted by atomic mass is 10.1. The van der Waals surface area contributed by atoms with E-state index in [1.54, 1.807) is 6.33 Å². The predicted molar refractivity (Wildman–Crippen MR) is 123 cm³/mol. The first-order valence-electron chi connectivity index (χ1n) is 9.55. The van der Waals surface area contributed by atoms with Crippen LogP contribution in [0.3, 0.4) is 0 Å². The minimum absolute atomic E-state index is 0. The van der Waals surface area contributed by atoms with E-state index >= 15 is 0 Å². The monoisotopic (exact) mass is 484 g/mol. The van der Waals surface area contributed by atoms with Crippen molar-refractivity contribution in [3.8, 4) is 0 Å². The molecule has 0 saturated heterocycles. The van der Waals surface area contributed by atoms with Gasteiger partial charge in [0.1, 0.15) is 12.2 Å². The molecule has 2 aromatic rings. The van der Waals surface area contributed by atoms with Gasteiger partial charge in [0.05, 0.1) is 0 Å². The quantitative estimate of drug-likeness (QED) is 0.326. The van der Waals surface area contributed by atoms with Gasteiger partial charge in [0.2, 0.25) is 0 Å². The summed E-state index contributed by atoms with van der Waals surface area (Å²) in [4.78, 5) is 4.76. The Bertz CT molecular complexity index is 668. The number of halogens is 1. The molecular formula is C20H33IN6. The molecule has 2 N–H and O–H groups in total. The Kier molecular flexibility index (Phi) is 11.0. The van der Waals surface area contributed by atoms with Crippen molar-refractivity contribution >= 4 is 29.9 Å².